The lowest BCUT2D eigenvalue weighted by molar-refractivity contribution is -0.0882. The fraction of sp³-hybridized carbons (Fsp3) is 0.0714. The Kier molecular flexibility index (Phi) is 3.73. The van der Waals surface area contributed by atoms with Crippen molar-refractivity contribution in [3.63, 3.8) is 0 Å². The average Bonchev–Trinajstić information content (AvgIpc) is 3.16. The van der Waals surface area contributed by atoms with Crippen molar-refractivity contribution in [2.45, 2.75) is 6.18 Å². The maximum atomic E-state index is 12.4. The minimum absolute atomic E-state index is 0.274. The summed E-state index contributed by atoms with van der Waals surface area (Å²) in [4.78, 5) is 14.6. The predicted molar refractivity (Wildman–Crippen MR) is 81.3 cm³/mol. The summed E-state index contributed by atoms with van der Waals surface area (Å²) in [5, 5.41) is 1.97. The molecule has 0 bridgehead atoms. The second-order valence-corrected chi connectivity index (χ2v) is 7.25. The van der Waals surface area contributed by atoms with Gasteiger partial charge in [-0.2, -0.15) is 13.2 Å². The average molecular weight is 344 g/mol. The van der Waals surface area contributed by atoms with Crippen molar-refractivity contribution >= 4 is 39.8 Å². The van der Waals surface area contributed by atoms with Gasteiger partial charge < -0.3 is 0 Å². The number of hydrogen-bond acceptors (Lipinski definition) is 4. The zero-order valence-corrected chi connectivity index (χ0v) is 12.8. The van der Waals surface area contributed by atoms with Gasteiger partial charge in [-0.05, 0) is 35.7 Å². The van der Waals surface area contributed by atoms with Gasteiger partial charge in [0.25, 0.3) is 5.78 Å². The van der Waals surface area contributed by atoms with Gasteiger partial charge >= 0.3 is 6.18 Å². The fourth-order valence-electron chi connectivity index (χ4n) is 1.75. The summed E-state index contributed by atoms with van der Waals surface area (Å²) in [6.07, 6.45) is -4.82. The van der Waals surface area contributed by atoms with Crippen LogP contribution in [0, 0.1) is 0 Å². The van der Waals surface area contributed by atoms with Crippen LogP contribution in [0.1, 0.15) is 9.67 Å². The van der Waals surface area contributed by atoms with E-state index < -0.39 is 12.0 Å². The lowest BCUT2D eigenvalue weighted by Gasteiger charge is -2.01. The van der Waals surface area contributed by atoms with E-state index in [1.54, 1.807) is 17.4 Å². The molecule has 0 spiro atoms. The lowest BCUT2D eigenvalue weighted by Crippen LogP contribution is -2.21. The molecule has 0 aromatic carbocycles. The predicted octanol–water partition coefficient (Wildman–Crippen LogP) is 5.95. The number of alkyl halides is 3. The molecule has 0 saturated heterocycles. The van der Waals surface area contributed by atoms with Crippen LogP contribution in [0.3, 0.4) is 0 Å². The van der Waals surface area contributed by atoms with Gasteiger partial charge in [0.2, 0.25) is 0 Å². The molecule has 0 amide bonds. The molecule has 0 saturated carbocycles. The largest absolute Gasteiger partial charge is 0.455 e. The van der Waals surface area contributed by atoms with E-state index in [1.807, 2.05) is 29.6 Å². The summed E-state index contributed by atoms with van der Waals surface area (Å²) in [6.45, 7) is 0. The summed E-state index contributed by atoms with van der Waals surface area (Å²) < 4.78 is 37.2. The minimum atomic E-state index is -4.82. The number of carbonyl (C=O) groups excluding carboxylic acids is 1. The van der Waals surface area contributed by atoms with Crippen molar-refractivity contribution in [1.29, 1.82) is 0 Å². The van der Waals surface area contributed by atoms with Crippen molar-refractivity contribution in [2.24, 2.45) is 0 Å². The molecule has 1 nitrogen and oxygen atoms in total. The van der Waals surface area contributed by atoms with Crippen LogP contribution in [0.2, 0.25) is 0 Å². The number of carbonyl (C=O) groups is 1. The van der Waals surface area contributed by atoms with Crippen molar-refractivity contribution in [3.05, 3.63) is 46.7 Å². The quantitative estimate of drug-likeness (QED) is 0.537. The number of halogens is 3. The van der Waals surface area contributed by atoms with E-state index in [0.717, 1.165) is 26.0 Å². The van der Waals surface area contributed by atoms with Gasteiger partial charge in [-0.1, -0.05) is 6.07 Å². The van der Waals surface area contributed by atoms with Crippen LogP contribution >= 0.6 is 34.0 Å². The molecular formula is C14H7F3OS3. The van der Waals surface area contributed by atoms with Crippen molar-refractivity contribution in [1.82, 2.24) is 0 Å². The highest BCUT2D eigenvalue weighted by Gasteiger charge is 2.40. The highest BCUT2D eigenvalue weighted by Crippen LogP contribution is 2.39. The van der Waals surface area contributed by atoms with Gasteiger partial charge in [0.15, 0.2) is 0 Å². The molecule has 3 aromatic heterocycles. The normalized spacial score (nSPS) is 11.8. The second kappa shape index (κ2) is 5.40. The molecule has 3 aromatic rings. The number of thiophene rings is 3. The van der Waals surface area contributed by atoms with Crippen LogP contribution in [0.5, 0.6) is 0 Å². The first-order valence-electron chi connectivity index (χ1n) is 5.80. The van der Waals surface area contributed by atoms with Crippen molar-refractivity contribution in [2.75, 3.05) is 0 Å². The Morgan fingerprint density at radius 2 is 1.48 bits per heavy atom. The molecular weight excluding hydrogens is 337 g/mol. The van der Waals surface area contributed by atoms with E-state index in [4.69, 9.17) is 0 Å². The van der Waals surface area contributed by atoms with Gasteiger partial charge in [-0.15, -0.1) is 34.0 Å². The smallest absolute Gasteiger partial charge is 0.283 e. The summed E-state index contributed by atoms with van der Waals surface area (Å²) >= 11 is 3.99. The van der Waals surface area contributed by atoms with Gasteiger partial charge in [0.05, 0.1) is 4.88 Å². The minimum Gasteiger partial charge on any atom is -0.283 e. The maximum absolute atomic E-state index is 12.4. The molecule has 3 rings (SSSR count). The van der Waals surface area contributed by atoms with Crippen LogP contribution < -0.4 is 0 Å². The highest BCUT2D eigenvalue weighted by molar-refractivity contribution is 7.26. The third-order valence-corrected chi connectivity index (χ3v) is 6.13. The molecule has 0 aliphatic carbocycles. The maximum Gasteiger partial charge on any atom is 0.455 e. The SMILES string of the molecule is O=C(c1ccc(-c2ccc(-c3cccs3)s2)s1)C(F)(F)F. The molecule has 0 N–H and O–H groups in total. The molecule has 3 heterocycles. The molecule has 7 heteroatoms. The molecule has 0 aliphatic rings. The van der Waals surface area contributed by atoms with E-state index in [0.29, 0.717) is 4.88 Å². The van der Waals surface area contributed by atoms with Crippen molar-refractivity contribution < 1.29 is 18.0 Å². The molecule has 108 valence electrons. The van der Waals surface area contributed by atoms with Gasteiger partial charge in [0.1, 0.15) is 0 Å². The summed E-state index contributed by atoms with van der Waals surface area (Å²) in [7, 11) is 0. The molecule has 0 unspecified atom stereocenters. The molecule has 0 radical (unpaired) electrons. The van der Waals surface area contributed by atoms with Crippen LogP contribution in [0.15, 0.2) is 41.8 Å². The number of hydrogen-bond donors (Lipinski definition) is 0. The van der Waals surface area contributed by atoms with Gasteiger partial charge in [0, 0.05) is 19.5 Å². The molecule has 0 aliphatic heterocycles. The topological polar surface area (TPSA) is 17.1 Å². The van der Waals surface area contributed by atoms with E-state index in [1.165, 1.54) is 17.4 Å². The van der Waals surface area contributed by atoms with Gasteiger partial charge in [-0.3, -0.25) is 4.79 Å². The second-order valence-electron chi connectivity index (χ2n) is 4.13. The Hall–Kier alpha value is -1.44. The Bertz CT molecular complexity index is 766. The van der Waals surface area contributed by atoms with E-state index in [-0.39, 0.29) is 4.88 Å². The van der Waals surface area contributed by atoms with Crippen LogP contribution in [0.25, 0.3) is 19.5 Å². The van der Waals surface area contributed by atoms with Crippen molar-refractivity contribution in [3.8, 4) is 19.5 Å². The third-order valence-electron chi connectivity index (χ3n) is 2.70. The monoisotopic (exact) mass is 344 g/mol. The zero-order chi connectivity index (χ0) is 15.0. The Labute approximate surface area is 130 Å². The lowest BCUT2D eigenvalue weighted by atomic mass is 10.3. The summed E-state index contributed by atoms with van der Waals surface area (Å²) in [5.74, 6) is -1.78. The van der Waals surface area contributed by atoms with Gasteiger partial charge in [-0.25, -0.2) is 0 Å². The standard InChI is InChI=1S/C14H7F3OS3/c15-14(16,17)13(18)12-6-5-11(21-12)10-4-3-9(20-10)8-2-1-7-19-8/h1-7H. The fourth-order valence-corrected chi connectivity index (χ4v) is 4.65. The number of rotatable bonds is 3. The Morgan fingerprint density at radius 3 is 2.10 bits per heavy atom. The molecule has 21 heavy (non-hydrogen) atoms. The number of ketones is 1. The first-order valence-corrected chi connectivity index (χ1v) is 8.32. The third kappa shape index (κ3) is 2.95. The Morgan fingerprint density at radius 1 is 0.857 bits per heavy atom. The van der Waals surface area contributed by atoms with Crippen LogP contribution in [0.4, 0.5) is 13.2 Å². The van der Waals surface area contributed by atoms with Crippen LogP contribution in [-0.4, -0.2) is 12.0 Å². The van der Waals surface area contributed by atoms with E-state index in [9.17, 15) is 18.0 Å². The summed E-state index contributed by atoms with van der Waals surface area (Å²) in [6, 6.07) is 10.6. The van der Waals surface area contributed by atoms with E-state index >= 15 is 0 Å². The first kappa shape index (κ1) is 14.5. The molecule has 0 atom stereocenters. The zero-order valence-electron chi connectivity index (χ0n) is 10.3. The highest BCUT2D eigenvalue weighted by atomic mass is 32.1. The Balaban J connectivity index is 1.89. The van der Waals surface area contributed by atoms with Crippen LogP contribution in [-0.2, 0) is 0 Å². The summed E-state index contributed by atoms with van der Waals surface area (Å²) in [5.41, 5.74) is 0. The molecule has 0 fully saturated rings. The number of Topliss-reactive ketones (excluding diaryl/α,β-unsaturated/α-hetero) is 1. The van der Waals surface area contributed by atoms with E-state index in [2.05, 4.69) is 0 Å². The first-order chi connectivity index (χ1) is 9.95.